The van der Waals surface area contributed by atoms with E-state index in [1.807, 2.05) is 0 Å². The molecule has 5 nitrogen and oxygen atoms in total. The highest BCUT2D eigenvalue weighted by Gasteiger charge is 2.39. The van der Waals surface area contributed by atoms with Crippen molar-refractivity contribution in [3.05, 3.63) is 46.0 Å². The van der Waals surface area contributed by atoms with Crippen LogP contribution in [0.2, 0.25) is 5.02 Å². The lowest BCUT2D eigenvalue weighted by molar-refractivity contribution is -0.128. The number of rotatable bonds is 3. The van der Waals surface area contributed by atoms with Crippen molar-refractivity contribution in [3.8, 4) is 0 Å². The van der Waals surface area contributed by atoms with E-state index in [1.165, 1.54) is 11.0 Å². The van der Waals surface area contributed by atoms with Crippen molar-refractivity contribution < 1.29 is 18.7 Å². The summed E-state index contributed by atoms with van der Waals surface area (Å²) in [6, 6.07) is 4.75. The molecule has 1 aromatic carbocycles. The molecule has 7 heteroatoms. The molecule has 1 aliphatic heterocycles. The van der Waals surface area contributed by atoms with E-state index in [-0.39, 0.29) is 11.8 Å². The highest BCUT2D eigenvalue weighted by molar-refractivity contribution is 6.34. The van der Waals surface area contributed by atoms with Crippen LogP contribution in [0.3, 0.4) is 0 Å². The Morgan fingerprint density at radius 1 is 1.12 bits per heavy atom. The molecule has 0 aromatic heterocycles. The van der Waals surface area contributed by atoms with Gasteiger partial charge in [-0.3, -0.25) is 9.59 Å². The average molecular weight is 366 g/mol. The van der Waals surface area contributed by atoms with Crippen LogP contribution >= 0.6 is 23.5 Å². The Balaban J connectivity index is 1.93. The van der Waals surface area contributed by atoms with Crippen molar-refractivity contribution in [1.82, 2.24) is 0 Å². The Bertz CT molecular complexity index is 770. The smallest absolute Gasteiger partial charge is 0.344 e. The van der Waals surface area contributed by atoms with Crippen LogP contribution < -0.4 is 4.90 Å². The average Bonchev–Trinajstić information content (AvgIpc) is 2.85. The molecule has 24 heavy (non-hydrogen) atoms. The van der Waals surface area contributed by atoms with E-state index in [0.717, 1.165) is 18.9 Å². The SMILES string of the molecule is O=C(/C=C\c1cc(N2C(=O)C3=C(CCCC3)C2=O)ccc1Cl)OCl. The van der Waals surface area contributed by atoms with Gasteiger partial charge in [-0.05, 0) is 55.5 Å². The van der Waals surface area contributed by atoms with Crippen molar-refractivity contribution in [2.24, 2.45) is 0 Å². The number of amides is 2. The van der Waals surface area contributed by atoms with E-state index in [9.17, 15) is 14.4 Å². The number of carbonyl (C=O) groups excluding carboxylic acids is 3. The lowest BCUT2D eigenvalue weighted by Gasteiger charge is -2.16. The second-order valence-electron chi connectivity index (χ2n) is 5.55. The van der Waals surface area contributed by atoms with E-state index < -0.39 is 5.97 Å². The van der Waals surface area contributed by atoms with Gasteiger partial charge in [0.25, 0.3) is 11.8 Å². The van der Waals surface area contributed by atoms with Crippen molar-refractivity contribution in [3.63, 3.8) is 0 Å². The second-order valence-corrected chi connectivity index (χ2v) is 6.11. The Morgan fingerprint density at radius 2 is 1.75 bits per heavy atom. The predicted molar refractivity (Wildman–Crippen MR) is 90.4 cm³/mol. The minimum atomic E-state index is -0.747. The number of benzene rings is 1. The fraction of sp³-hybridized carbons (Fsp3) is 0.235. The maximum atomic E-state index is 12.6. The van der Waals surface area contributed by atoms with Crippen LogP contribution in [0.25, 0.3) is 6.08 Å². The van der Waals surface area contributed by atoms with Crippen LogP contribution in [0.15, 0.2) is 35.4 Å². The molecule has 0 saturated heterocycles. The topological polar surface area (TPSA) is 63.7 Å². The first-order chi connectivity index (χ1) is 11.5. The van der Waals surface area contributed by atoms with E-state index in [1.54, 1.807) is 18.2 Å². The molecule has 2 amide bonds. The molecule has 1 aromatic rings. The normalized spacial score (nSPS) is 17.7. The van der Waals surface area contributed by atoms with Crippen molar-refractivity contribution in [2.75, 3.05) is 4.90 Å². The Kier molecular flexibility index (Phi) is 4.73. The number of halogens is 2. The minimum absolute atomic E-state index is 0.271. The van der Waals surface area contributed by atoms with Crippen LogP contribution in [0.4, 0.5) is 5.69 Å². The lowest BCUT2D eigenvalue weighted by atomic mass is 9.93. The zero-order chi connectivity index (χ0) is 17.3. The Morgan fingerprint density at radius 3 is 2.33 bits per heavy atom. The molecule has 3 rings (SSSR count). The van der Waals surface area contributed by atoms with Gasteiger partial charge >= 0.3 is 5.97 Å². The quantitative estimate of drug-likeness (QED) is 0.603. The molecule has 0 bridgehead atoms. The third kappa shape index (κ3) is 2.97. The fourth-order valence-electron chi connectivity index (χ4n) is 2.96. The maximum absolute atomic E-state index is 12.6. The van der Waals surface area contributed by atoms with Crippen LogP contribution in [0.5, 0.6) is 0 Å². The van der Waals surface area contributed by atoms with Gasteiger partial charge in [0.1, 0.15) is 11.9 Å². The van der Waals surface area contributed by atoms with Gasteiger partial charge in [0.05, 0.1) is 5.69 Å². The maximum Gasteiger partial charge on any atom is 0.349 e. The molecule has 124 valence electrons. The van der Waals surface area contributed by atoms with Gasteiger partial charge < -0.3 is 4.29 Å². The summed E-state index contributed by atoms with van der Waals surface area (Å²) in [5, 5.41) is 0.370. The molecule has 0 N–H and O–H groups in total. The summed E-state index contributed by atoms with van der Waals surface area (Å²) in [4.78, 5) is 37.4. The van der Waals surface area contributed by atoms with E-state index >= 15 is 0 Å². The summed E-state index contributed by atoms with van der Waals surface area (Å²) in [5.41, 5.74) is 2.12. The first-order valence-electron chi connectivity index (χ1n) is 7.44. The molecule has 0 atom stereocenters. The minimum Gasteiger partial charge on any atom is -0.344 e. The molecule has 0 fully saturated rings. The number of hydrogen-bond acceptors (Lipinski definition) is 4. The molecule has 0 saturated carbocycles. The van der Waals surface area contributed by atoms with Gasteiger partial charge in [-0.2, -0.15) is 0 Å². The van der Waals surface area contributed by atoms with Gasteiger partial charge in [0.15, 0.2) is 0 Å². The molecule has 2 aliphatic rings. The molecule has 0 unspecified atom stereocenters. The Labute approximate surface area is 148 Å². The molecular weight excluding hydrogens is 353 g/mol. The zero-order valence-corrected chi connectivity index (χ0v) is 14.1. The number of hydrogen-bond donors (Lipinski definition) is 0. The zero-order valence-electron chi connectivity index (χ0n) is 12.6. The number of anilines is 1. The number of nitrogens with zero attached hydrogens (tertiary/aromatic N) is 1. The predicted octanol–water partition coefficient (Wildman–Crippen LogP) is 3.79. The first kappa shape index (κ1) is 16.7. The largest absolute Gasteiger partial charge is 0.349 e. The van der Waals surface area contributed by atoms with Crippen LogP contribution in [0.1, 0.15) is 31.2 Å². The van der Waals surface area contributed by atoms with Gasteiger partial charge in [-0.25, -0.2) is 9.69 Å². The molecule has 0 radical (unpaired) electrons. The van der Waals surface area contributed by atoms with E-state index in [0.29, 0.717) is 40.3 Å². The number of imide groups is 1. The van der Waals surface area contributed by atoms with E-state index in [4.69, 9.17) is 23.5 Å². The van der Waals surface area contributed by atoms with Crippen LogP contribution in [-0.4, -0.2) is 17.8 Å². The molecule has 1 heterocycles. The van der Waals surface area contributed by atoms with Crippen molar-refractivity contribution in [2.45, 2.75) is 25.7 Å². The van der Waals surface area contributed by atoms with Crippen LogP contribution in [0, 0.1) is 0 Å². The van der Waals surface area contributed by atoms with Gasteiger partial charge in [-0.15, -0.1) is 0 Å². The summed E-state index contributed by atoms with van der Waals surface area (Å²) >= 11 is 11.1. The standard InChI is InChI=1S/C17H13Cl2NO4/c18-14-7-6-11(9-10(14)5-8-15(21)24-19)20-16(22)12-3-1-2-4-13(12)17(20)23/h5-9H,1-4H2/b8-5-. The Hall–Kier alpha value is -2.11. The van der Waals surface area contributed by atoms with Gasteiger partial charge in [0.2, 0.25) is 0 Å². The molecular formula is C17H13Cl2NO4. The lowest BCUT2D eigenvalue weighted by Crippen LogP contribution is -2.31. The van der Waals surface area contributed by atoms with Gasteiger partial charge in [0, 0.05) is 22.2 Å². The van der Waals surface area contributed by atoms with Gasteiger partial charge in [-0.1, -0.05) is 11.6 Å². The molecule has 1 aliphatic carbocycles. The summed E-state index contributed by atoms with van der Waals surface area (Å²) in [6.07, 6.45) is 5.63. The van der Waals surface area contributed by atoms with Crippen LogP contribution in [-0.2, 0) is 18.7 Å². The summed E-state index contributed by atoms with van der Waals surface area (Å²) < 4.78 is 4.02. The summed E-state index contributed by atoms with van der Waals surface area (Å²) in [5.74, 6) is -1.29. The van der Waals surface area contributed by atoms with Crippen molar-refractivity contribution in [1.29, 1.82) is 0 Å². The second kappa shape index (κ2) is 6.79. The third-order valence-electron chi connectivity index (χ3n) is 4.10. The van der Waals surface area contributed by atoms with E-state index in [2.05, 4.69) is 4.29 Å². The third-order valence-corrected chi connectivity index (χ3v) is 4.60. The first-order valence-corrected chi connectivity index (χ1v) is 8.12. The summed E-state index contributed by atoms with van der Waals surface area (Å²) in [6.45, 7) is 0. The van der Waals surface area contributed by atoms with Crippen molar-refractivity contribution >= 4 is 53.0 Å². The highest BCUT2D eigenvalue weighted by Crippen LogP contribution is 2.36. The number of carbonyl (C=O) groups is 3. The monoisotopic (exact) mass is 365 g/mol. The highest BCUT2D eigenvalue weighted by atomic mass is 35.5. The fourth-order valence-corrected chi connectivity index (χ4v) is 3.19. The summed E-state index contributed by atoms with van der Waals surface area (Å²) in [7, 11) is 0. The molecule has 0 spiro atoms.